The summed E-state index contributed by atoms with van der Waals surface area (Å²) in [6, 6.07) is 13.3. The molecule has 3 nitrogen and oxygen atoms in total. The lowest BCUT2D eigenvalue weighted by Gasteiger charge is -2.18. The molecule has 1 aromatic carbocycles. The molecule has 2 rings (SSSR count). The minimum absolute atomic E-state index is 0.486. The topological polar surface area (TPSA) is 20.2 Å². The molecule has 0 aliphatic rings. The third-order valence-corrected chi connectivity index (χ3v) is 3.83. The normalized spacial score (nSPS) is 12.9. The van der Waals surface area contributed by atoms with Gasteiger partial charge in [0, 0.05) is 36.2 Å². The SMILES string of the molecule is Cc1cc(CNC(C)CN(C)C)c(C)n1-c1ccccc1. The number of aryl methyl sites for hydroxylation is 1. The summed E-state index contributed by atoms with van der Waals surface area (Å²) in [6.07, 6.45) is 0. The van der Waals surface area contributed by atoms with Gasteiger partial charge in [0.25, 0.3) is 0 Å². The van der Waals surface area contributed by atoms with Gasteiger partial charge in [0.05, 0.1) is 0 Å². The minimum atomic E-state index is 0.486. The fourth-order valence-corrected chi connectivity index (χ4v) is 2.88. The van der Waals surface area contributed by atoms with Crippen molar-refractivity contribution in [3.05, 3.63) is 53.3 Å². The number of benzene rings is 1. The van der Waals surface area contributed by atoms with Crippen molar-refractivity contribution < 1.29 is 0 Å². The summed E-state index contributed by atoms with van der Waals surface area (Å²) in [4.78, 5) is 2.21. The molecule has 0 aliphatic heterocycles. The zero-order valence-electron chi connectivity index (χ0n) is 13.9. The van der Waals surface area contributed by atoms with Crippen LogP contribution in [-0.4, -0.2) is 36.1 Å². The summed E-state index contributed by atoms with van der Waals surface area (Å²) in [5.74, 6) is 0. The molecule has 0 saturated heterocycles. The Labute approximate surface area is 128 Å². The fraction of sp³-hybridized carbons (Fsp3) is 0.444. The summed E-state index contributed by atoms with van der Waals surface area (Å²) < 4.78 is 2.33. The first kappa shape index (κ1) is 15.8. The smallest absolute Gasteiger partial charge is 0.0455 e. The average Bonchev–Trinajstić information content (AvgIpc) is 2.71. The number of likely N-dealkylation sites (N-methyl/N-ethyl adjacent to an activating group) is 1. The summed E-state index contributed by atoms with van der Waals surface area (Å²) in [6.45, 7) is 8.58. The van der Waals surface area contributed by atoms with Crippen LogP contribution in [0.3, 0.4) is 0 Å². The van der Waals surface area contributed by atoms with Crippen LogP contribution in [0.15, 0.2) is 36.4 Å². The van der Waals surface area contributed by atoms with Gasteiger partial charge >= 0.3 is 0 Å². The summed E-state index contributed by atoms with van der Waals surface area (Å²) >= 11 is 0. The van der Waals surface area contributed by atoms with Crippen LogP contribution in [-0.2, 0) is 6.54 Å². The average molecular weight is 285 g/mol. The van der Waals surface area contributed by atoms with E-state index in [0.717, 1.165) is 13.1 Å². The van der Waals surface area contributed by atoms with Crippen molar-refractivity contribution in [2.75, 3.05) is 20.6 Å². The van der Waals surface area contributed by atoms with Gasteiger partial charge in [-0.05, 0) is 58.6 Å². The maximum absolute atomic E-state index is 3.61. The Morgan fingerprint density at radius 1 is 1.14 bits per heavy atom. The van der Waals surface area contributed by atoms with Crippen molar-refractivity contribution >= 4 is 0 Å². The highest BCUT2D eigenvalue weighted by molar-refractivity contribution is 5.40. The number of nitrogens with one attached hydrogen (secondary N) is 1. The zero-order chi connectivity index (χ0) is 15.4. The molecule has 1 atom stereocenters. The predicted molar refractivity (Wildman–Crippen MR) is 90.1 cm³/mol. The van der Waals surface area contributed by atoms with Crippen molar-refractivity contribution in [3.63, 3.8) is 0 Å². The molecule has 0 radical (unpaired) electrons. The van der Waals surface area contributed by atoms with Crippen molar-refractivity contribution in [1.29, 1.82) is 0 Å². The lowest BCUT2D eigenvalue weighted by atomic mass is 10.2. The Morgan fingerprint density at radius 3 is 2.43 bits per heavy atom. The van der Waals surface area contributed by atoms with Crippen LogP contribution in [0.4, 0.5) is 0 Å². The quantitative estimate of drug-likeness (QED) is 0.880. The van der Waals surface area contributed by atoms with Crippen molar-refractivity contribution in [3.8, 4) is 5.69 Å². The van der Waals surface area contributed by atoms with Crippen molar-refractivity contribution in [1.82, 2.24) is 14.8 Å². The van der Waals surface area contributed by atoms with E-state index in [9.17, 15) is 0 Å². The van der Waals surface area contributed by atoms with Crippen molar-refractivity contribution in [2.45, 2.75) is 33.4 Å². The van der Waals surface area contributed by atoms with E-state index in [2.05, 4.69) is 86.0 Å². The van der Waals surface area contributed by atoms with Gasteiger partial charge in [-0.3, -0.25) is 0 Å². The number of nitrogens with zero attached hydrogens (tertiary/aromatic N) is 2. The Kier molecular flexibility index (Phi) is 5.21. The molecule has 1 unspecified atom stereocenters. The Hall–Kier alpha value is -1.58. The molecular weight excluding hydrogens is 258 g/mol. The van der Waals surface area contributed by atoms with Crippen LogP contribution in [0, 0.1) is 13.8 Å². The third-order valence-electron chi connectivity index (χ3n) is 3.83. The highest BCUT2D eigenvalue weighted by Crippen LogP contribution is 2.20. The van der Waals surface area contributed by atoms with Crippen LogP contribution in [0.25, 0.3) is 5.69 Å². The standard InChI is InChI=1S/C18H27N3/c1-14(13-20(4)5)19-12-17-11-15(2)21(16(17)3)18-9-7-6-8-10-18/h6-11,14,19H,12-13H2,1-5H3. The van der Waals surface area contributed by atoms with Gasteiger partial charge < -0.3 is 14.8 Å². The van der Waals surface area contributed by atoms with Crippen LogP contribution in [0.1, 0.15) is 23.9 Å². The lowest BCUT2D eigenvalue weighted by Crippen LogP contribution is -2.35. The molecule has 0 amide bonds. The van der Waals surface area contributed by atoms with E-state index in [0.29, 0.717) is 6.04 Å². The number of aromatic nitrogens is 1. The molecule has 1 aromatic heterocycles. The Morgan fingerprint density at radius 2 is 1.81 bits per heavy atom. The minimum Gasteiger partial charge on any atom is -0.318 e. The van der Waals surface area contributed by atoms with E-state index < -0.39 is 0 Å². The summed E-state index contributed by atoms with van der Waals surface area (Å²) in [5, 5.41) is 3.61. The monoisotopic (exact) mass is 285 g/mol. The van der Waals surface area contributed by atoms with Gasteiger partial charge in [-0.25, -0.2) is 0 Å². The summed E-state index contributed by atoms with van der Waals surface area (Å²) in [5.41, 5.74) is 5.22. The molecule has 3 heteroatoms. The van der Waals surface area contributed by atoms with Crippen LogP contribution in [0.5, 0.6) is 0 Å². The van der Waals surface area contributed by atoms with Crippen molar-refractivity contribution in [2.24, 2.45) is 0 Å². The van der Waals surface area contributed by atoms with Gasteiger partial charge in [0.1, 0.15) is 0 Å². The maximum Gasteiger partial charge on any atom is 0.0455 e. The molecule has 114 valence electrons. The van der Waals surface area contributed by atoms with Gasteiger partial charge in [-0.15, -0.1) is 0 Å². The van der Waals surface area contributed by atoms with E-state index >= 15 is 0 Å². The molecule has 2 aromatic rings. The number of para-hydroxylation sites is 1. The second-order valence-electron chi connectivity index (χ2n) is 6.11. The Balaban J connectivity index is 2.13. The van der Waals surface area contributed by atoms with E-state index in [1.54, 1.807) is 0 Å². The zero-order valence-corrected chi connectivity index (χ0v) is 13.9. The molecule has 0 aliphatic carbocycles. The second-order valence-corrected chi connectivity index (χ2v) is 6.11. The third kappa shape index (κ3) is 3.96. The first-order valence-electron chi connectivity index (χ1n) is 7.60. The molecule has 1 N–H and O–H groups in total. The maximum atomic E-state index is 3.61. The highest BCUT2D eigenvalue weighted by atomic mass is 15.1. The Bertz CT molecular complexity index is 570. The number of hydrogen-bond acceptors (Lipinski definition) is 2. The van der Waals surface area contributed by atoms with Crippen LogP contribution < -0.4 is 5.32 Å². The summed E-state index contributed by atoms with van der Waals surface area (Å²) in [7, 11) is 4.22. The van der Waals surface area contributed by atoms with Gasteiger partial charge in [0.2, 0.25) is 0 Å². The molecule has 0 saturated carbocycles. The number of hydrogen-bond donors (Lipinski definition) is 1. The van der Waals surface area contributed by atoms with E-state index in [1.165, 1.54) is 22.6 Å². The largest absolute Gasteiger partial charge is 0.318 e. The highest BCUT2D eigenvalue weighted by Gasteiger charge is 2.11. The van der Waals surface area contributed by atoms with Gasteiger partial charge in [-0.2, -0.15) is 0 Å². The van der Waals surface area contributed by atoms with Gasteiger partial charge in [-0.1, -0.05) is 18.2 Å². The molecule has 0 spiro atoms. The predicted octanol–water partition coefficient (Wildman–Crippen LogP) is 3.13. The number of rotatable bonds is 6. The molecule has 1 heterocycles. The van der Waals surface area contributed by atoms with Gasteiger partial charge in [0.15, 0.2) is 0 Å². The molecular formula is C18H27N3. The molecule has 21 heavy (non-hydrogen) atoms. The first-order chi connectivity index (χ1) is 9.99. The molecule has 0 fully saturated rings. The van der Waals surface area contributed by atoms with E-state index in [4.69, 9.17) is 0 Å². The van der Waals surface area contributed by atoms with Crippen LogP contribution in [0.2, 0.25) is 0 Å². The fourth-order valence-electron chi connectivity index (χ4n) is 2.88. The van der Waals surface area contributed by atoms with E-state index in [1.807, 2.05) is 0 Å². The molecule has 0 bridgehead atoms. The van der Waals surface area contributed by atoms with Crippen LogP contribution >= 0.6 is 0 Å². The lowest BCUT2D eigenvalue weighted by molar-refractivity contribution is 0.349. The van der Waals surface area contributed by atoms with E-state index in [-0.39, 0.29) is 0 Å². The second kappa shape index (κ2) is 6.92. The first-order valence-corrected chi connectivity index (χ1v) is 7.60.